The molecule has 0 spiro atoms. The molecule has 0 saturated carbocycles. The summed E-state index contributed by atoms with van der Waals surface area (Å²) in [6.45, 7) is 1.79. The number of phenols is 1. The third kappa shape index (κ3) is 5.34. The number of hydrogen-bond acceptors (Lipinski definition) is 5. The van der Waals surface area contributed by atoms with Crippen LogP contribution in [-0.4, -0.2) is 22.9 Å². The Bertz CT molecular complexity index is 802. The van der Waals surface area contributed by atoms with Crippen molar-refractivity contribution in [3.05, 3.63) is 57.2 Å². The second kappa shape index (κ2) is 9.40. The van der Waals surface area contributed by atoms with E-state index >= 15 is 0 Å². The van der Waals surface area contributed by atoms with Crippen LogP contribution in [0.4, 0.5) is 10.5 Å². The molecular weight excluding hydrogens is 447 g/mol. The molecule has 2 aromatic carbocycles. The highest BCUT2D eigenvalue weighted by atomic mass is 127. The average molecular weight is 466 g/mol. The molecule has 0 unspecified atom stereocenters. The van der Waals surface area contributed by atoms with Gasteiger partial charge in [-0.1, -0.05) is 6.92 Å². The SMILES string of the molecule is C[C@H](CCO)[C@H](OC(=O)Nc1ccc(C#N)cc1)c1cc(I)ccc1O. The largest absolute Gasteiger partial charge is 0.508 e. The predicted molar refractivity (Wildman–Crippen MR) is 106 cm³/mol. The molecule has 1 amide bonds. The first-order chi connectivity index (χ1) is 12.4. The summed E-state index contributed by atoms with van der Waals surface area (Å²) in [6.07, 6.45) is -0.974. The number of nitrogens with zero attached hydrogens (tertiary/aromatic N) is 1. The van der Waals surface area contributed by atoms with Crippen LogP contribution in [0, 0.1) is 20.8 Å². The number of carbonyl (C=O) groups is 1. The third-order valence-corrected chi connectivity index (χ3v) is 4.56. The van der Waals surface area contributed by atoms with Crippen LogP contribution in [0.5, 0.6) is 5.75 Å². The summed E-state index contributed by atoms with van der Waals surface area (Å²) in [6, 6.07) is 13.5. The molecule has 0 radical (unpaired) electrons. The van der Waals surface area contributed by atoms with Crippen LogP contribution >= 0.6 is 22.6 Å². The fraction of sp³-hybridized carbons (Fsp3) is 0.263. The lowest BCUT2D eigenvalue weighted by molar-refractivity contribution is 0.0652. The van der Waals surface area contributed by atoms with Crippen molar-refractivity contribution in [3.63, 3.8) is 0 Å². The van der Waals surface area contributed by atoms with E-state index in [1.165, 1.54) is 0 Å². The molecule has 26 heavy (non-hydrogen) atoms. The maximum atomic E-state index is 12.3. The summed E-state index contributed by atoms with van der Waals surface area (Å²) < 4.78 is 6.45. The van der Waals surface area contributed by atoms with Gasteiger partial charge in [-0.3, -0.25) is 5.32 Å². The standard InChI is InChI=1S/C19H19IN2O4/c1-12(8-9-23)18(16-10-14(20)4-7-17(16)24)26-19(25)22-15-5-2-13(11-21)3-6-15/h2-7,10,12,18,23-24H,8-9H2,1H3,(H,22,25)/t12-,18+/m1/s1. The van der Waals surface area contributed by atoms with Gasteiger partial charge in [-0.05, 0) is 77.4 Å². The molecule has 6 nitrogen and oxygen atoms in total. The van der Waals surface area contributed by atoms with Gasteiger partial charge in [0, 0.05) is 21.4 Å². The second-order valence-electron chi connectivity index (χ2n) is 5.83. The monoisotopic (exact) mass is 466 g/mol. The topological polar surface area (TPSA) is 103 Å². The zero-order valence-corrected chi connectivity index (χ0v) is 16.3. The number of halogens is 1. The quantitative estimate of drug-likeness (QED) is 0.555. The van der Waals surface area contributed by atoms with Crippen molar-refractivity contribution in [2.75, 3.05) is 11.9 Å². The third-order valence-electron chi connectivity index (χ3n) is 3.89. The molecule has 136 valence electrons. The highest BCUT2D eigenvalue weighted by Gasteiger charge is 2.26. The van der Waals surface area contributed by atoms with Gasteiger partial charge < -0.3 is 14.9 Å². The van der Waals surface area contributed by atoms with E-state index in [9.17, 15) is 15.0 Å². The number of carbonyl (C=O) groups excluding carboxylic acids is 1. The molecule has 2 atom stereocenters. The van der Waals surface area contributed by atoms with E-state index < -0.39 is 12.2 Å². The van der Waals surface area contributed by atoms with Gasteiger partial charge in [-0.2, -0.15) is 5.26 Å². The minimum atomic E-state index is -0.713. The summed E-state index contributed by atoms with van der Waals surface area (Å²) in [7, 11) is 0. The highest BCUT2D eigenvalue weighted by Crippen LogP contribution is 2.35. The molecule has 0 aliphatic rings. The first-order valence-corrected chi connectivity index (χ1v) is 9.09. The number of aliphatic hydroxyl groups excluding tert-OH is 1. The molecule has 7 heteroatoms. The summed E-state index contributed by atoms with van der Waals surface area (Å²) in [4.78, 5) is 12.3. The number of ether oxygens (including phenoxy) is 1. The molecule has 0 aromatic heterocycles. The number of benzene rings is 2. The first kappa shape index (κ1) is 20.0. The van der Waals surface area contributed by atoms with Crippen molar-refractivity contribution in [1.82, 2.24) is 0 Å². The second-order valence-corrected chi connectivity index (χ2v) is 7.08. The van der Waals surface area contributed by atoms with Crippen molar-refractivity contribution in [2.24, 2.45) is 5.92 Å². The van der Waals surface area contributed by atoms with Crippen LogP contribution in [0.25, 0.3) is 0 Å². The minimum Gasteiger partial charge on any atom is -0.508 e. The Morgan fingerprint density at radius 3 is 2.62 bits per heavy atom. The Hall–Kier alpha value is -2.31. The van der Waals surface area contributed by atoms with Crippen molar-refractivity contribution in [1.29, 1.82) is 5.26 Å². The Kier molecular flexibility index (Phi) is 7.24. The van der Waals surface area contributed by atoms with Gasteiger partial charge in [-0.15, -0.1) is 0 Å². The lowest BCUT2D eigenvalue weighted by atomic mass is 9.94. The smallest absolute Gasteiger partial charge is 0.412 e. The molecule has 3 N–H and O–H groups in total. The summed E-state index contributed by atoms with van der Waals surface area (Å²) >= 11 is 2.12. The highest BCUT2D eigenvalue weighted by molar-refractivity contribution is 14.1. The van der Waals surface area contributed by atoms with Crippen LogP contribution in [0.3, 0.4) is 0 Å². The Morgan fingerprint density at radius 2 is 2.00 bits per heavy atom. The average Bonchev–Trinajstić information content (AvgIpc) is 2.62. The number of rotatable bonds is 6. The van der Waals surface area contributed by atoms with Crippen LogP contribution in [0.1, 0.15) is 30.6 Å². The normalized spacial score (nSPS) is 12.7. The van der Waals surface area contributed by atoms with Crippen LogP contribution < -0.4 is 5.32 Å². The van der Waals surface area contributed by atoms with E-state index in [0.717, 1.165) is 3.57 Å². The van der Waals surface area contributed by atoms with E-state index in [1.807, 2.05) is 13.0 Å². The summed E-state index contributed by atoms with van der Waals surface area (Å²) in [5, 5.41) is 30.8. The predicted octanol–water partition coefficient (Wildman–Crippen LogP) is 4.18. The van der Waals surface area contributed by atoms with Gasteiger partial charge in [0.2, 0.25) is 0 Å². The molecule has 0 fully saturated rings. The molecule has 2 aromatic rings. The molecule has 0 heterocycles. The van der Waals surface area contributed by atoms with Crippen LogP contribution in [-0.2, 0) is 4.74 Å². The van der Waals surface area contributed by atoms with Gasteiger partial charge in [-0.25, -0.2) is 4.79 Å². The zero-order chi connectivity index (χ0) is 19.1. The Labute approximate surface area is 165 Å². The first-order valence-electron chi connectivity index (χ1n) is 8.01. The van der Waals surface area contributed by atoms with Crippen molar-refractivity contribution in [3.8, 4) is 11.8 Å². The van der Waals surface area contributed by atoms with E-state index in [4.69, 9.17) is 10.00 Å². The van der Waals surface area contributed by atoms with Crippen molar-refractivity contribution >= 4 is 34.4 Å². The molecule has 0 aliphatic heterocycles. The molecule has 0 bridgehead atoms. The van der Waals surface area contributed by atoms with Crippen molar-refractivity contribution in [2.45, 2.75) is 19.4 Å². The lowest BCUT2D eigenvalue weighted by Gasteiger charge is -2.25. The Balaban J connectivity index is 2.18. The number of aromatic hydroxyl groups is 1. The number of aliphatic hydroxyl groups is 1. The van der Waals surface area contributed by atoms with Gasteiger partial charge in [0.05, 0.1) is 11.6 Å². The van der Waals surface area contributed by atoms with Gasteiger partial charge in [0.1, 0.15) is 11.9 Å². The fourth-order valence-electron chi connectivity index (χ4n) is 2.49. The zero-order valence-electron chi connectivity index (χ0n) is 14.1. The van der Waals surface area contributed by atoms with E-state index in [-0.39, 0.29) is 18.3 Å². The fourth-order valence-corrected chi connectivity index (χ4v) is 3.00. The number of phenolic OH excluding ortho intramolecular Hbond substituents is 1. The van der Waals surface area contributed by atoms with Gasteiger partial charge in [0.25, 0.3) is 0 Å². The number of amides is 1. The molecule has 0 aliphatic carbocycles. The number of anilines is 1. The molecular formula is C19H19IN2O4. The van der Waals surface area contributed by atoms with Gasteiger partial charge >= 0.3 is 6.09 Å². The van der Waals surface area contributed by atoms with Crippen LogP contribution in [0.2, 0.25) is 0 Å². The maximum absolute atomic E-state index is 12.3. The van der Waals surface area contributed by atoms with Crippen LogP contribution in [0.15, 0.2) is 42.5 Å². The van der Waals surface area contributed by atoms with Crippen molar-refractivity contribution < 1.29 is 19.7 Å². The molecule has 0 saturated heterocycles. The van der Waals surface area contributed by atoms with E-state index in [1.54, 1.807) is 42.5 Å². The summed E-state index contributed by atoms with van der Waals surface area (Å²) in [5.41, 5.74) is 1.48. The lowest BCUT2D eigenvalue weighted by Crippen LogP contribution is -2.22. The van der Waals surface area contributed by atoms with Gasteiger partial charge in [0.15, 0.2) is 0 Å². The number of nitriles is 1. The maximum Gasteiger partial charge on any atom is 0.412 e. The molecule has 2 rings (SSSR count). The van der Waals surface area contributed by atoms with E-state index in [0.29, 0.717) is 23.2 Å². The summed E-state index contributed by atoms with van der Waals surface area (Å²) in [5.74, 6) is -0.165. The number of hydrogen-bond donors (Lipinski definition) is 3. The number of nitrogens with one attached hydrogen (secondary N) is 1. The van der Waals surface area contributed by atoms with E-state index in [2.05, 4.69) is 27.9 Å². The Morgan fingerprint density at radius 1 is 1.31 bits per heavy atom. The minimum absolute atomic E-state index is 0.0337.